The number of alkyl halides is 3. The van der Waals surface area contributed by atoms with E-state index in [1.807, 2.05) is 30.3 Å². The standard InChI is InChI=1S/C17H13F3N4O4S/c18-17(19,20)9-29(27,28)15-7-13-12(6-14(15)24(25)26)16(23-10-22-13)21-8-11-4-2-1-3-5-11/h1-7,10H,8-9H2,(H,21,22,23). The van der Waals surface area contributed by atoms with E-state index in [-0.39, 0.29) is 16.7 Å². The summed E-state index contributed by atoms with van der Waals surface area (Å²) < 4.78 is 62.1. The highest BCUT2D eigenvalue weighted by molar-refractivity contribution is 7.91. The Labute approximate surface area is 162 Å². The van der Waals surface area contributed by atoms with Crippen molar-refractivity contribution in [3.05, 3.63) is 64.5 Å². The number of anilines is 1. The number of nitrogens with zero attached hydrogens (tertiary/aromatic N) is 3. The molecule has 0 aliphatic carbocycles. The lowest BCUT2D eigenvalue weighted by Crippen LogP contribution is -2.23. The fourth-order valence-corrected chi connectivity index (χ4v) is 4.01. The zero-order valence-electron chi connectivity index (χ0n) is 14.5. The number of hydrogen-bond acceptors (Lipinski definition) is 7. The molecule has 1 N–H and O–H groups in total. The first kappa shape index (κ1) is 20.5. The highest BCUT2D eigenvalue weighted by Gasteiger charge is 2.39. The third kappa shape index (κ3) is 4.77. The molecule has 12 heteroatoms. The van der Waals surface area contributed by atoms with E-state index >= 15 is 0 Å². The van der Waals surface area contributed by atoms with Gasteiger partial charge in [-0.05, 0) is 11.6 Å². The number of halogens is 3. The van der Waals surface area contributed by atoms with E-state index in [0.29, 0.717) is 6.54 Å². The number of nitrogens with one attached hydrogen (secondary N) is 1. The van der Waals surface area contributed by atoms with Crippen molar-refractivity contribution in [2.75, 3.05) is 11.1 Å². The normalized spacial score (nSPS) is 12.1. The summed E-state index contributed by atoms with van der Waals surface area (Å²) in [5, 5.41) is 14.4. The second-order valence-electron chi connectivity index (χ2n) is 6.03. The molecule has 3 rings (SSSR count). The molecular weight excluding hydrogens is 413 g/mol. The highest BCUT2D eigenvalue weighted by atomic mass is 32.2. The molecule has 0 radical (unpaired) electrons. The van der Waals surface area contributed by atoms with Gasteiger partial charge in [-0.2, -0.15) is 13.2 Å². The molecule has 2 aromatic carbocycles. The number of hydrogen-bond donors (Lipinski definition) is 1. The summed E-state index contributed by atoms with van der Waals surface area (Å²) in [5.74, 6) is -2.03. The Morgan fingerprint density at radius 1 is 1.10 bits per heavy atom. The highest BCUT2D eigenvalue weighted by Crippen LogP contribution is 2.34. The Kier molecular flexibility index (Phi) is 5.38. The van der Waals surface area contributed by atoms with Gasteiger partial charge in [-0.3, -0.25) is 10.1 Å². The monoisotopic (exact) mass is 426 g/mol. The van der Waals surface area contributed by atoms with Crippen molar-refractivity contribution in [2.24, 2.45) is 0 Å². The van der Waals surface area contributed by atoms with E-state index < -0.39 is 37.3 Å². The molecule has 0 unspecified atom stereocenters. The third-order valence-electron chi connectivity index (χ3n) is 3.90. The molecule has 0 aliphatic rings. The maximum Gasteiger partial charge on any atom is 0.403 e. The Morgan fingerprint density at radius 3 is 2.41 bits per heavy atom. The van der Waals surface area contributed by atoms with Crippen molar-refractivity contribution in [3.8, 4) is 0 Å². The summed E-state index contributed by atoms with van der Waals surface area (Å²) in [6, 6.07) is 10.8. The van der Waals surface area contributed by atoms with Gasteiger partial charge < -0.3 is 5.32 Å². The van der Waals surface area contributed by atoms with Crippen molar-refractivity contribution in [3.63, 3.8) is 0 Å². The maximum absolute atomic E-state index is 12.6. The first-order valence-electron chi connectivity index (χ1n) is 8.07. The van der Waals surface area contributed by atoms with E-state index in [9.17, 15) is 31.7 Å². The largest absolute Gasteiger partial charge is 0.403 e. The molecule has 1 aromatic heterocycles. The summed E-state index contributed by atoms with van der Waals surface area (Å²) in [6.45, 7) is 0.314. The zero-order valence-corrected chi connectivity index (χ0v) is 15.4. The van der Waals surface area contributed by atoms with Gasteiger partial charge in [-0.15, -0.1) is 0 Å². The van der Waals surface area contributed by atoms with Gasteiger partial charge in [0.05, 0.1) is 10.4 Å². The van der Waals surface area contributed by atoms with Gasteiger partial charge in [0.15, 0.2) is 15.6 Å². The number of rotatable bonds is 6. The summed E-state index contributed by atoms with van der Waals surface area (Å²) in [7, 11) is -5.00. The van der Waals surface area contributed by atoms with E-state index in [2.05, 4.69) is 15.3 Å². The lowest BCUT2D eigenvalue weighted by molar-refractivity contribution is -0.387. The van der Waals surface area contributed by atoms with Crippen LogP contribution in [0, 0.1) is 10.1 Å². The predicted molar refractivity (Wildman–Crippen MR) is 98.1 cm³/mol. The smallest absolute Gasteiger partial charge is 0.365 e. The molecule has 8 nitrogen and oxygen atoms in total. The molecule has 0 amide bonds. The van der Waals surface area contributed by atoms with Crippen LogP contribution in [-0.4, -0.2) is 35.2 Å². The molecule has 0 saturated carbocycles. The van der Waals surface area contributed by atoms with Crippen LogP contribution >= 0.6 is 0 Å². The second-order valence-corrected chi connectivity index (χ2v) is 7.99. The Balaban J connectivity index is 2.08. The quantitative estimate of drug-likeness (QED) is 0.474. The van der Waals surface area contributed by atoms with Gasteiger partial charge in [0.25, 0.3) is 5.69 Å². The first-order chi connectivity index (χ1) is 13.6. The minimum atomic E-state index is -5.05. The SMILES string of the molecule is O=[N+]([O-])c1cc2c(NCc3ccccc3)ncnc2cc1S(=O)(=O)CC(F)(F)F. The fraction of sp³-hybridized carbons (Fsp3) is 0.176. The zero-order chi connectivity index (χ0) is 21.2. The Hall–Kier alpha value is -3.28. The van der Waals surface area contributed by atoms with Crippen molar-refractivity contribution >= 4 is 32.2 Å². The van der Waals surface area contributed by atoms with Gasteiger partial charge in [-0.1, -0.05) is 30.3 Å². The minimum Gasteiger partial charge on any atom is -0.365 e. The van der Waals surface area contributed by atoms with Crippen LogP contribution in [-0.2, 0) is 16.4 Å². The van der Waals surface area contributed by atoms with Gasteiger partial charge in [0.1, 0.15) is 17.0 Å². The number of fused-ring (bicyclic) bond motifs is 1. The molecule has 3 aromatic rings. The van der Waals surface area contributed by atoms with Gasteiger partial charge >= 0.3 is 6.18 Å². The number of sulfone groups is 1. The fourth-order valence-electron chi connectivity index (χ4n) is 2.68. The molecule has 0 spiro atoms. The Morgan fingerprint density at radius 2 is 1.79 bits per heavy atom. The lowest BCUT2D eigenvalue weighted by atomic mass is 10.2. The summed E-state index contributed by atoms with van der Waals surface area (Å²) in [5.41, 5.74) is -0.126. The maximum atomic E-state index is 12.6. The molecule has 152 valence electrons. The van der Waals surface area contributed by atoms with Crippen LogP contribution in [0.1, 0.15) is 5.56 Å². The van der Waals surface area contributed by atoms with Crippen LogP contribution in [0.5, 0.6) is 0 Å². The van der Waals surface area contributed by atoms with Crippen LogP contribution in [0.2, 0.25) is 0 Å². The molecule has 0 fully saturated rings. The number of benzene rings is 2. The van der Waals surface area contributed by atoms with Gasteiger partial charge in [0, 0.05) is 18.0 Å². The molecular formula is C17H13F3N4O4S. The lowest BCUT2D eigenvalue weighted by Gasteiger charge is -2.11. The molecule has 0 saturated heterocycles. The third-order valence-corrected chi connectivity index (χ3v) is 5.61. The van der Waals surface area contributed by atoms with E-state index in [4.69, 9.17) is 0 Å². The van der Waals surface area contributed by atoms with Crippen LogP contribution in [0.4, 0.5) is 24.7 Å². The van der Waals surface area contributed by atoms with Crippen LogP contribution in [0.25, 0.3) is 10.9 Å². The van der Waals surface area contributed by atoms with Crippen LogP contribution in [0.3, 0.4) is 0 Å². The van der Waals surface area contributed by atoms with Crippen LogP contribution < -0.4 is 5.32 Å². The van der Waals surface area contributed by atoms with Gasteiger partial charge in [0.2, 0.25) is 0 Å². The first-order valence-corrected chi connectivity index (χ1v) is 9.72. The minimum absolute atomic E-state index is 0.0399. The number of nitro groups is 1. The summed E-state index contributed by atoms with van der Waals surface area (Å²) in [6.07, 6.45) is -3.96. The number of nitro benzene ring substituents is 1. The van der Waals surface area contributed by atoms with Crippen molar-refractivity contribution in [1.82, 2.24) is 9.97 Å². The van der Waals surface area contributed by atoms with Crippen molar-refractivity contribution in [1.29, 1.82) is 0 Å². The van der Waals surface area contributed by atoms with Crippen LogP contribution in [0.15, 0.2) is 53.7 Å². The average Bonchev–Trinajstić information content (AvgIpc) is 2.64. The van der Waals surface area contributed by atoms with Crippen molar-refractivity contribution in [2.45, 2.75) is 17.6 Å². The Bertz CT molecular complexity index is 1170. The van der Waals surface area contributed by atoms with E-state index in [0.717, 1.165) is 24.0 Å². The summed E-state index contributed by atoms with van der Waals surface area (Å²) >= 11 is 0. The van der Waals surface area contributed by atoms with E-state index in [1.165, 1.54) is 0 Å². The van der Waals surface area contributed by atoms with Gasteiger partial charge in [-0.25, -0.2) is 18.4 Å². The second kappa shape index (κ2) is 7.62. The average molecular weight is 426 g/mol. The molecule has 1 heterocycles. The molecule has 0 atom stereocenters. The van der Waals surface area contributed by atoms with Crippen molar-refractivity contribution < 1.29 is 26.5 Å². The summed E-state index contributed by atoms with van der Waals surface area (Å²) in [4.78, 5) is 17.1. The van der Waals surface area contributed by atoms with E-state index in [1.54, 1.807) is 0 Å². The number of aromatic nitrogens is 2. The topological polar surface area (TPSA) is 115 Å². The molecule has 0 bridgehead atoms. The predicted octanol–water partition coefficient (Wildman–Crippen LogP) is 3.49. The molecule has 29 heavy (non-hydrogen) atoms. The molecule has 0 aliphatic heterocycles.